The van der Waals surface area contributed by atoms with E-state index in [1.54, 1.807) is 14.0 Å². The lowest BCUT2D eigenvalue weighted by molar-refractivity contribution is -0.137. The minimum atomic E-state index is -0.887. The van der Waals surface area contributed by atoms with Crippen LogP contribution in [0.5, 0.6) is 0 Å². The first-order valence-corrected chi connectivity index (χ1v) is 9.03. The fraction of sp³-hybridized carbons (Fsp3) is 0.667. The highest BCUT2D eigenvalue weighted by Gasteiger charge is 2.72. The van der Waals surface area contributed by atoms with Crippen LogP contribution in [-0.2, 0) is 23.8 Å². The topological polar surface area (TPSA) is 107 Å². The van der Waals surface area contributed by atoms with Crippen LogP contribution in [0.1, 0.15) is 13.3 Å². The van der Waals surface area contributed by atoms with E-state index < -0.39 is 11.6 Å². The van der Waals surface area contributed by atoms with E-state index in [2.05, 4.69) is 5.32 Å². The van der Waals surface area contributed by atoms with Crippen molar-refractivity contribution in [2.45, 2.75) is 37.3 Å². The zero-order chi connectivity index (χ0) is 18.2. The van der Waals surface area contributed by atoms with E-state index in [1.807, 2.05) is 4.90 Å². The summed E-state index contributed by atoms with van der Waals surface area (Å²) >= 11 is 0. The van der Waals surface area contributed by atoms with Crippen molar-refractivity contribution in [2.24, 2.45) is 5.92 Å². The van der Waals surface area contributed by atoms with Crippen molar-refractivity contribution in [3.8, 4) is 0 Å². The molecule has 1 aliphatic carbocycles. The zero-order valence-corrected chi connectivity index (χ0v) is 14.8. The number of aliphatic hydroxyl groups is 1. The number of carbonyl (C=O) groups excluding carboxylic acids is 2. The number of methoxy groups -OCH3 is 1. The number of hydrogen-bond donors (Lipinski definition) is 2. The summed E-state index contributed by atoms with van der Waals surface area (Å²) in [4.78, 5) is 28.3. The van der Waals surface area contributed by atoms with Crippen molar-refractivity contribution in [3.63, 3.8) is 0 Å². The largest absolute Gasteiger partial charge is 0.483 e. The van der Waals surface area contributed by atoms with Gasteiger partial charge >= 0.3 is 0 Å². The molecule has 26 heavy (non-hydrogen) atoms. The molecule has 8 nitrogen and oxygen atoms in total. The van der Waals surface area contributed by atoms with E-state index in [0.29, 0.717) is 43.0 Å². The van der Waals surface area contributed by atoms with Crippen molar-refractivity contribution in [1.82, 2.24) is 10.2 Å². The Bertz CT molecular complexity index is 768. The van der Waals surface area contributed by atoms with Crippen LogP contribution in [0.4, 0.5) is 0 Å². The molecule has 0 aromatic heterocycles. The molecular formula is C18H22N2O6. The Morgan fingerprint density at radius 3 is 2.85 bits per heavy atom. The summed E-state index contributed by atoms with van der Waals surface area (Å²) in [6.45, 7) is 2.95. The summed E-state index contributed by atoms with van der Waals surface area (Å²) in [5.41, 5.74) is 0.128. The number of ether oxygens (including phenoxy) is 3. The van der Waals surface area contributed by atoms with Crippen molar-refractivity contribution in [2.75, 3.05) is 33.5 Å². The number of piperazine rings is 1. The van der Waals surface area contributed by atoms with E-state index in [-0.39, 0.29) is 42.1 Å². The molecule has 4 heterocycles. The van der Waals surface area contributed by atoms with Gasteiger partial charge in [-0.25, -0.2) is 0 Å². The van der Waals surface area contributed by atoms with Crippen molar-refractivity contribution in [3.05, 3.63) is 22.6 Å². The van der Waals surface area contributed by atoms with Gasteiger partial charge in [0, 0.05) is 37.3 Å². The molecule has 5 atom stereocenters. The molecule has 5 aliphatic rings. The summed E-state index contributed by atoms with van der Waals surface area (Å²) in [5.74, 6) is -1.02. The second-order valence-corrected chi connectivity index (χ2v) is 7.53. The number of fused-ring (bicyclic) bond motifs is 4. The van der Waals surface area contributed by atoms with Crippen LogP contribution in [0.15, 0.2) is 22.6 Å². The summed E-state index contributed by atoms with van der Waals surface area (Å²) in [6.07, 6.45) is 0.466. The van der Waals surface area contributed by atoms with Crippen LogP contribution >= 0.6 is 0 Å². The van der Waals surface area contributed by atoms with E-state index in [4.69, 9.17) is 14.2 Å². The van der Waals surface area contributed by atoms with Gasteiger partial charge in [0.1, 0.15) is 6.10 Å². The van der Waals surface area contributed by atoms with Crippen LogP contribution in [0.2, 0.25) is 0 Å². The molecule has 5 unspecified atom stereocenters. The van der Waals surface area contributed by atoms with Gasteiger partial charge in [-0.3, -0.25) is 9.59 Å². The van der Waals surface area contributed by atoms with Crippen molar-refractivity contribution >= 4 is 11.6 Å². The fourth-order valence-corrected chi connectivity index (χ4v) is 5.04. The van der Waals surface area contributed by atoms with E-state index in [1.165, 1.54) is 0 Å². The second kappa shape index (κ2) is 5.39. The molecule has 0 aromatic rings. The number of hydrogen-bond acceptors (Lipinski definition) is 8. The Kier molecular flexibility index (Phi) is 3.40. The van der Waals surface area contributed by atoms with Gasteiger partial charge in [0.15, 0.2) is 11.5 Å². The minimum Gasteiger partial charge on any atom is -0.483 e. The van der Waals surface area contributed by atoms with Crippen molar-refractivity contribution in [1.29, 1.82) is 0 Å². The summed E-state index contributed by atoms with van der Waals surface area (Å²) in [6, 6.07) is 0.224. The van der Waals surface area contributed by atoms with Crippen LogP contribution in [-0.4, -0.2) is 79.0 Å². The van der Waals surface area contributed by atoms with Gasteiger partial charge in [-0.05, 0) is 6.92 Å². The first-order valence-electron chi connectivity index (χ1n) is 9.03. The highest BCUT2D eigenvalue weighted by molar-refractivity contribution is 6.25. The number of ketones is 2. The van der Waals surface area contributed by atoms with E-state index in [9.17, 15) is 14.7 Å². The Hall–Kier alpha value is -1.74. The Balaban J connectivity index is 1.56. The third-order valence-corrected chi connectivity index (χ3v) is 6.34. The quantitative estimate of drug-likeness (QED) is 0.489. The zero-order valence-electron chi connectivity index (χ0n) is 14.8. The van der Waals surface area contributed by atoms with Crippen molar-refractivity contribution < 1.29 is 28.9 Å². The fourth-order valence-electron chi connectivity index (χ4n) is 5.04. The maximum Gasteiger partial charge on any atom is 0.226 e. The number of Topliss-reactive ketones (excluding diaryl/α,β-unsaturated/α-hetero) is 2. The lowest BCUT2D eigenvalue weighted by Gasteiger charge is -2.39. The number of allylic oxidation sites excluding steroid dienone is 2. The van der Waals surface area contributed by atoms with E-state index >= 15 is 0 Å². The average molecular weight is 362 g/mol. The van der Waals surface area contributed by atoms with Gasteiger partial charge in [-0.2, -0.15) is 0 Å². The smallest absolute Gasteiger partial charge is 0.226 e. The molecule has 4 aliphatic heterocycles. The van der Waals surface area contributed by atoms with Gasteiger partial charge in [0.25, 0.3) is 0 Å². The Labute approximate surface area is 150 Å². The molecule has 0 radical (unpaired) electrons. The predicted octanol–water partition coefficient (Wildman–Crippen LogP) is -0.907. The predicted molar refractivity (Wildman–Crippen MR) is 87.8 cm³/mol. The van der Waals surface area contributed by atoms with Crippen LogP contribution in [0.25, 0.3) is 0 Å². The van der Waals surface area contributed by atoms with Crippen LogP contribution in [0.3, 0.4) is 0 Å². The number of aliphatic hydroxyl groups excluding tert-OH is 1. The summed E-state index contributed by atoms with van der Waals surface area (Å²) < 4.78 is 17.0. The molecule has 0 aromatic carbocycles. The first-order chi connectivity index (χ1) is 12.5. The van der Waals surface area contributed by atoms with Gasteiger partial charge < -0.3 is 29.5 Å². The second-order valence-electron chi connectivity index (χ2n) is 7.53. The molecule has 0 amide bonds. The number of nitrogens with zero attached hydrogens (tertiary/aromatic N) is 1. The molecule has 3 saturated heterocycles. The third kappa shape index (κ3) is 1.82. The van der Waals surface area contributed by atoms with Gasteiger partial charge in [0.05, 0.1) is 37.5 Å². The Morgan fingerprint density at radius 2 is 2.19 bits per heavy atom. The third-order valence-electron chi connectivity index (χ3n) is 6.34. The molecule has 3 fully saturated rings. The highest BCUT2D eigenvalue weighted by Crippen LogP contribution is 2.55. The number of carbonyl (C=O) groups is 2. The normalized spacial score (nSPS) is 41.0. The van der Waals surface area contributed by atoms with Gasteiger partial charge in [-0.15, -0.1) is 0 Å². The lowest BCUT2D eigenvalue weighted by atomic mass is 9.83. The molecule has 0 spiro atoms. The maximum absolute atomic E-state index is 13.3. The minimum absolute atomic E-state index is 0.00348. The lowest BCUT2D eigenvalue weighted by Crippen LogP contribution is -2.54. The van der Waals surface area contributed by atoms with E-state index in [0.717, 1.165) is 0 Å². The molecule has 140 valence electrons. The number of rotatable bonds is 4. The van der Waals surface area contributed by atoms with Gasteiger partial charge in [-0.1, -0.05) is 0 Å². The monoisotopic (exact) mass is 362 g/mol. The summed E-state index contributed by atoms with van der Waals surface area (Å²) in [7, 11) is 1.57. The van der Waals surface area contributed by atoms with Crippen LogP contribution in [0, 0.1) is 5.92 Å². The van der Waals surface area contributed by atoms with Crippen LogP contribution < -0.4 is 5.32 Å². The summed E-state index contributed by atoms with van der Waals surface area (Å²) in [5, 5.41) is 13.4. The average Bonchev–Trinajstić information content (AvgIpc) is 3.01. The Morgan fingerprint density at radius 1 is 1.38 bits per heavy atom. The molecule has 8 heteroatoms. The maximum atomic E-state index is 13.3. The standard InChI is InChI=1S/C18H22N2O6/c1-8-14(22)13-12(15(23)16(8)26-9-3-4-25-7-9)10(6-21)18(24-2)17-11(19-17)5-20(13)18/h9-11,17,19,21H,3-7H2,1-2H3. The molecular weight excluding hydrogens is 340 g/mol. The van der Waals surface area contributed by atoms with Gasteiger partial charge in [0.2, 0.25) is 11.6 Å². The SMILES string of the molecule is COC12C(CO)C3=C(C(=O)C(C)=C(OC4CCOC4)C3=O)N1CC1NC12. The molecule has 5 rings (SSSR count). The first kappa shape index (κ1) is 16.4. The molecule has 0 bridgehead atoms. The molecule has 0 saturated carbocycles. The number of nitrogens with one attached hydrogen (secondary N) is 1. The highest BCUT2D eigenvalue weighted by atomic mass is 16.5. The molecule has 2 N–H and O–H groups in total.